The standard InChI is InChI=1S/C9H6BrClN2/c1-5-8-4-6(10)2-3-7(8)9(11)13-12-5/h2-4H,1H3. The number of hydrogen-bond donors (Lipinski definition) is 0. The van der Waals surface area contributed by atoms with Crippen molar-refractivity contribution in [3.8, 4) is 0 Å². The molecule has 2 rings (SSSR count). The normalized spacial score (nSPS) is 10.7. The van der Waals surface area contributed by atoms with Gasteiger partial charge < -0.3 is 0 Å². The molecule has 2 nitrogen and oxygen atoms in total. The first-order valence-corrected chi connectivity index (χ1v) is 4.93. The van der Waals surface area contributed by atoms with Crippen LogP contribution in [0.2, 0.25) is 5.15 Å². The minimum Gasteiger partial charge on any atom is -0.154 e. The van der Waals surface area contributed by atoms with Crippen molar-refractivity contribution in [2.24, 2.45) is 0 Å². The molecule has 1 aromatic carbocycles. The largest absolute Gasteiger partial charge is 0.159 e. The fourth-order valence-electron chi connectivity index (χ4n) is 1.22. The zero-order valence-electron chi connectivity index (χ0n) is 6.88. The van der Waals surface area contributed by atoms with Gasteiger partial charge in [0, 0.05) is 15.2 Å². The fraction of sp³-hybridized carbons (Fsp3) is 0.111. The van der Waals surface area contributed by atoms with Gasteiger partial charge in [0.15, 0.2) is 5.15 Å². The van der Waals surface area contributed by atoms with E-state index in [9.17, 15) is 0 Å². The third-order valence-electron chi connectivity index (χ3n) is 1.88. The predicted octanol–water partition coefficient (Wildman–Crippen LogP) is 3.35. The molecule has 0 saturated heterocycles. The van der Waals surface area contributed by atoms with Crippen molar-refractivity contribution in [1.82, 2.24) is 10.2 Å². The van der Waals surface area contributed by atoms with E-state index in [1.807, 2.05) is 25.1 Å². The summed E-state index contributed by atoms with van der Waals surface area (Å²) in [5.74, 6) is 0. The maximum Gasteiger partial charge on any atom is 0.159 e. The molecule has 0 aliphatic heterocycles. The van der Waals surface area contributed by atoms with Crippen LogP contribution in [0.15, 0.2) is 22.7 Å². The smallest absolute Gasteiger partial charge is 0.154 e. The van der Waals surface area contributed by atoms with Gasteiger partial charge in [-0.05, 0) is 19.1 Å². The highest BCUT2D eigenvalue weighted by molar-refractivity contribution is 9.10. The molecule has 0 aliphatic carbocycles. The first-order valence-electron chi connectivity index (χ1n) is 3.76. The molecule has 13 heavy (non-hydrogen) atoms. The van der Waals surface area contributed by atoms with Crippen molar-refractivity contribution in [3.05, 3.63) is 33.5 Å². The quantitative estimate of drug-likeness (QED) is 0.723. The third kappa shape index (κ3) is 1.54. The number of benzene rings is 1. The van der Waals surface area contributed by atoms with Crippen LogP contribution in [0.4, 0.5) is 0 Å². The molecule has 0 amide bonds. The molecule has 0 unspecified atom stereocenters. The molecule has 4 heteroatoms. The van der Waals surface area contributed by atoms with Crippen LogP contribution in [0.5, 0.6) is 0 Å². The van der Waals surface area contributed by atoms with Crippen molar-refractivity contribution >= 4 is 38.3 Å². The Morgan fingerprint density at radius 3 is 2.77 bits per heavy atom. The molecule has 0 fully saturated rings. The average molecular weight is 258 g/mol. The lowest BCUT2D eigenvalue weighted by atomic mass is 10.1. The van der Waals surface area contributed by atoms with Crippen LogP contribution in [0, 0.1) is 6.92 Å². The van der Waals surface area contributed by atoms with Crippen LogP contribution in [0.25, 0.3) is 10.8 Å². The summed E-state index contributed by atoms with van der Waals surface area (Å²) in [4.78, 5) is 0. The molecule has 2 aromatic rings. The minimum absolute atomic E-state index is 0.452. The van der Waals surface area contributed by atoms with E-state index in [2.05, 4.69) is 26.1 Å². The summed E-state index contributed by atoms with van der Waals surface area (Å²) in [6.45, 7) is 1.91. The van der Waals surface area contributed by atoms with Gasteiger partial charge in [-0.25, -0.2) is 0 Å². The summed E-state index contributed by atoms with van der Waals surface area (Å²) < 4.78 is 1.02. The first kappa shape index (κ1) is 8.91. The minimum atomic E-state index is 0.452. The number of hydrogen-bond acceptors (Lipinski definition) is 2. The highest BCUT2D eigenvalue weighted by Crippen LogP contribution is 2.25. The lowest BCUT2D eigenvalue weighted by Gasteiger charge is -2.01. The van der Waals surface area contributed by atoms with Crippen molar-refractivity contribution in [3.63, 3.8) is 0 Å². The fourth-order valence-corrected chi connectivity index (χ4v) is 1.79. The Balaban J connectivity index is 2.92. The van der Waals surface area contributed by atoms with Gasteiger partial charge >= 0.3 is 0 Å². The Bertz CT molecular complexity index is 470. The second-order valence-electron chi connectivity index (χ2n) is 2.77. The van der Waals surface area contributed by atoms with E-state index in [1.54, 1.807) is 0 Å². The Morgan fingerprint density at radius 1 is 1.23 bits per heavy atom. The highest BCUT2D eigenvalue weighted by atomic mass is 79.9. The van der Waals surface area contributed by atoms with Crippen LogP contribution in [-0.2, 0) is 0 Å². The molecular formula is C9H6BrClN2. The molecule has 0 bridgehead atoms. The van der Waals surface area contributed by atoms with E-state index in [0.29, 0.717) is 5.15 Å². The lowest BCUT2D eigenvalue weighted by molar-refractivity contribution is 1.00. The molecule has 0 radical (unpaired) electrons. The number of fused-ring (bicyclic) bond motifs is 1. The predicted molar refractivity (Wildman–Crippen MR) is 57.0 cm³/mol. The number of aromatic nitrogens is 2. The summed E-state index contributed by atoms with van der Waals surface area (Å²) in [7, 11) is 0. The zero-order valence-corrected chi connectivity index (χ0v) is 9.22. The van der Waals surface area contributed by atoms with Gasteiger partial charge in [0.2, 0.25) is 0 Å². The van der Waals surface area contributed by atoms with Gasteiger partial charge in [0.05, 0.1) is 5.69 Å². The molecule has 0 spiro atoms. The Labute approximate surface area is 89.1 Å². The van der Waals surface area contributed by atoms with E-state index in [0.717, 1.165) is 20.9 Å². The second kappa shape index (κ2) is 3.24. The van der Waals surface area contributed by atoms with Crippen molar-refractivity contribution in [2.75, 3.05) is 0 Å². The molecule has 66 valence electrons. The number of halogens is 2. The zero-order chi connectivity index (χ0) is 9.42. The van der Waals surface area contributed by atoms with E-state index in [4.69, 9.17) is 11.6 Å². The first-order chi connectivity index (χ1) is 6.18. The van der Waals surface area contributed by atoms with Crippen LogP contribution in [0.1, 0.15) is 5.69 Å². The van der Waals surface area contributed by atoms with Gasteiger partial charge in [-0.15, -0.1) is 5.10 Å². The van der Waals surface area contributed by atoms with Crippen molar-refractivity contribution < 1.29 is 0 Å². The van der Waals surface area contributed by atoms with Crippen LogP contribution >= 0.6 is 27.5 Å². The third-order valence-corrected chi connectivity index (χ3v) is 2.65. The number of nitrogens with zero attached hydrogens (tertiary/aromatic N) is 2. The summed E-state index contributed by atoms with van der Waals surface area (Å²) >= 11 is 9.29. The molecule has 1 heterocycles. The number of rotatable bonds is 0. The monoisotopic (exact) mass is 256 g/mol. The molecule has 0 N–H and O–H groups in total. The SMILES string of the molecule is Cc1nnc(Cl)c2ccc(Br)cc12. The van der Waals surface area contributed by atoms with Crippen LogP contribution in [-0.4, -0.2) is 10.2 Å². The molecule has 0 aliphatic rings. The number of aryl methyl sites for hydroxylation is 1. The average Bonchev–Trinajstić information content (AvgIpc) is 2.12. The Kier molecular flexibility index (Phi) is 2.22. The second-order valence-corrected chi connectivity index (χ2v) is 4.04. The van der Waals surface area contributed by atoms with Gasteiger partial charge in [-0.1, -0.05) is 33.6 Å². The van der Waals surface area contributed by atoms with Gasteiger partial charge in [-0.2, -0.15) is 5.10 Å². The maximum atomic E-state index is 5.89. The van der Waals surface area contributed by atoms with E-state index >= 15 is 0 Å². The van der Waals surface area contributed by atoms with E-state index < -0.39 is 0 Å². The summed E-state index contributed by atoms with van der Waals surface area (Å²) in [6.07, 6.45) is 0. The van der Waals surface area contributed by atoms with Crippen molar-refractivity contribution in [2.45, 2.75) is 6.92 Å². The van der Waals surface area contributed by atoms with Crippen LogP contribution < -0.4 is 0 Å². The highest BCUT2D eigenvalue weighted by Gasteiger charge is 2.04. The molecule has 0 saturated carbocycles. The molecule has 1 aromatic heterocycles. The Hall–Kier alpha value is -0.670. The van der Waals surface area contributed by atoms with Gasteiger partial charge in [0.25, 0.3) is 0 Å². The van der Waals surface area contributed by atoms with Crippen molar-refractivity contribution in [1.29, 1.82) is 0 Å². The Morgan fingerprint density at radius 2 is 2.00 bits per heavy atom. The maximum absolute atomic E-state index is 5.89. The van der Waals surface area contributed by atoms with Crippen LogP contribution in [0.3, 0.4) is 0 Å². The molecule has 0 atom stereocenters. The van der Waals surface area contributed by atoms with Gasteiger partial charge in [0.1, 0.15) is 0 Å². The molecular weight excluding hydrogens is 251 g/mol. The lowest BCUT2D eigenvalue weighted by Crippen LogP contribution is -1.89. The summed E-state index contributed by atoms with van der Waals surface area (Å²) in [6, 6.07) is 5.87. The summed E-state index contributed by atoms with van der Waals surface area (Å²) in [5.41, 5.74) is 0.890. The van der Waals surface area contributed by atoms with E-state index in [1.165, 1.54) is 0 Å². The topological polar surface area (TPSA) is 25.8 Å². The summed E-state index contributed by atoms with van der Waals surface area (Å²) in [5, 5.41) is 10.2. The van der Waals surface area contributed by atoms with Gasteiger partial charge in [-0.3, -0.25) is 0 Å². The van der Waals surface area contributed by atoms with E-state index in [-0.39, 0.29) is 0 Å².